The van der Waals surface area contributed by atoms with Gasteiger partial charge in [0.2, 0.25) is 5.91 Å². The van der Waals surface area contributed by atoms with Gasteiger partial charge in [0.05, 0.1) is 6.42 Å². The lowest BCUT2D eigenvalue weighted by Gasteiger charge is -2.30. The molecule has 0 saturated carbocycles. The molecular weight excluding hydrogens is 347 g/mol. The number of ether oxygens (including phenoxy) is 1. The Morgan fingerprint density at radius 1 is 1.11 bits per heavy atom. The van der Waals surface area contributed by atoms with E-state index < -0.39 is 0 Å². The zero-order valence-electron chi connectivity index (χ0n) is 14.7. The Bertz CT molecular complexity index is 912. The highest BCUT2D eigenvalue weighted by Gasteiger charge is 2.20. The van der Waals surface area contributed by atoms with Gasteiger partial charge >= 0.3 is 5.97 Å². The molecule has 0 radical (unpaired) electrons. The number of rotatable bonds is 3. The van der Waals surface area contributed by atoms with Gasteiger partial charge in [-0.15, -0.1) is 0 Å². The second kappa shape index (κ2) is 7.23. The van der Waals surface area contributed by atoms with Crippen molar-refractivity contribution in [3.63, 3.8) is 0 Å². The van der Waals surface area contributed by atoms with Crippen LogP contribution in [-0.2, 0) is 16.0 Å². The van der Waals surface area contributed by atoms with E-state index in [1.54, 1.807) is 36.4 Å². The Labute approximate surface area is 156 Å². The first-order valence-electron chi connectivity index (χ1n) is 8.91. The van der Waals surface area contributed by atoms with Crippen molar-refractivity contribution in [2.24, 2.45) is 0 Å². The summed E-state index contributed by atoms with van der Waals surface area (Å²) < 4.78 is 18.1. The van der Waals surface area contributed by atoms with Crippen LogP contribution < -0.4 is 15.0 Å². The summed E-state index contributed by atoms with van der Waals surface area (Å²) in [5.41, 5.74) is 3.52. The monoisotopic (exact) mass is 366 g/mol. The van der Waals surface area contributed by atoms with Crippen LogP contribution in [0.5, 0.6) is 5.75 Å². The third-order valence-corrected chi connectivity index (χ3v) is 4.83. The van der Waals surface area contributed by atoms with Crippen LogP contribution in [0.25, 0.3) is 0 Å². The average Bonchev–Trinajstić information content (AvgIpc) is 3.02. The van der Waals surface area contributed by atoms with Crippen LogP contribution in [0.4, 0.5) is 15.8 Å². The zero-order valence-corrected chi connectivity index (χ0v) is 14.7. The van der Waals surface area contributed by atoms with Gasteiger partial charge in [-0.3, -0.25) is 9.59 Å². The SMILES string of the molecule is O=C(C=C1CCN(c2ccc(F)cc2)CC1)Nc1ccc2c(c1)OC(=O)C2. The quantitative estimate of drug-likeness (QED) is 0.514. The number of piperidine rings is 1. The molecule has 0 atom stereocenters. The zero-order chi connectivity index (χ0) is 18.8. The molecule has 0 aromatic heterocycles. The Balaban J connectivity index is 1.34. The highest BCUT2D eigenvalue weighted by Crippen LogP contribution is 2.29. The smallest absolute Gasteiger partial charge is 0.315 e. The molecule has 5 nitrogen and oxygen atoms in total. The third kappa shape index (κ3) is 4.00. The molecule has 2 aromatic carbocycles. The summed E-state index contributed by atoms with van der Waals surface area (Å²) in [6.45, 7) is 1.58. The Hall–Kier alpha value is -3.15. The van der Waals surface area contributed by atoms with E-state index in [4.69, 9.17) is 4.74 Å². The number of anilines is 2. The number of benzene rings is 2. The number of nitrogens with zero attached hydrogens (tertiary/aromatic N) is 1. The molecule has 1 N–H and O–H groups in total. The van der Waals surface area contributed by atoms with E-state index in [2.05, 4.69) is 10.2 Å². The summed E-state index contributed by atoms with van der Waals surface area (Å²) in [5.74, 6) is -0.194. The fraction of sp³-hybridized carbons (Fsp3) is 0.238. The number of carbonyl (C=O) groups excluding carboxylic acids is 2. The van der Waals surface area contributed by atoms with Gasteiger partial charge in [-0.25, -0.2) is 4.39 Å². The molecule has 2 aromatic rings. The molecule has 2 aliphatic heterocycles. The van der Waals surface area contributed by atoms with Crippen molar-refractivity contribution in [1.82, 2.24) is 0 Å². The van der Waals surface area contributed by atoms with Crippen molar-refractivity contribution < 1.29 is 18.7 Å². The van der Waals surface area contributed by atoms with Crippen molar-refractivity contribution in [2.75, 3.05) is 23.3 Å². The minimum atomic E-state index is -0.275. The van der Waals surface area contributed by atoms with Crippen molar-refractivity contribution in [1.29, 1.82) is 0 Å². The maximum absolute atomic E-state index is 13.0. The summed E-state index contributed by atoms with van der Waals surface area (Å²) in [4.78, 5) is 25.8. The fourth-order valence-corrected chi connectivity index (χ4v) is 3.40. The van der Waals surface area contributed by atoms with Crippen LogP contribution >= 0.6 is 0 Å². The Morgan fingerprint density at radius 3 is 2.59 bits per heavy atom. The van der Waals surface area contributed by atoms with Crippen LogP contribution in [0.15, 0.2) is 54.1 Å². The average molecular weight is 366 g/mol. The second-order valence-corrected chi connectivity index (χ2v) is 6.73. The first-order chi connectivity index (χ1) is 13.1. The molecule has 1 amide bonds. The van der Waals surface area contributed by atoms with E-state index in [-0.39, 0.29) is 24.1 Å². The summed E-state index contributed by atoms with van der Waals surface area (Å²) in [6.07, 6.45) is 3.48. The predicted octanol–water partition coefficient (Wildman–Crippen LogP) is 3.45. The van der Waals surface area contributed by atoms with Gasteiger partial charge in [0.15, 0.2) is 0 Å². The molecule has 0 spiro atoms. The van der Waals surface area contributed by atoms with Crippen molar-refractivity contribution in [3.8, 4) is 5.75 Å². The lowest BCUT2D eigenvalue weighted by Crippen LogP contribution is -2.30. The fourth-order valence-electron chi connectivity index (χ4n) is 3.40. The number of amides is 1. The van der Waals surface area contributed by atoms with Crippen molar-refractivity contribution in [2.45, 2.75) is 19.3 Å². The molecule has 6 heteroatoms. The molecule has 1 saturated heterocycles. The van der Waals surface area contributed by atoms with Crippen molar-refractivity contribution >= 4 is 23.3 Å². The number of esters is 1. The predicted molar refractivity (Wildman–Crippen MR) is 100 cm³/mol. The molecule has 138 valence electrons. The van der Waals surface area contributed by atoms with Gasteiger partial charge in [-0.05, 0) is 43.2 Å². The number of hydrogen-bond acceptors (Lipinski definition) is 4. The van der Waals surface area contributed by atoms with Crippen LogP contribution in [0, 0.1) is 5.82 Å². The number of hydrogen-bond donors (Lipinski definition) is 1. The maximum atomic E-state index is 13.0. The molecule has 4 rings (SSSR count). The van der Waals surface area contributed by atoms with Crippen LogP contribution in [-0.4, -0.2) is 25.0 Å². The summed E-state index contributed by atoms with van der Waals surface area (Å²) in [6, 6.07) is 11.7. The van der Waals surface area contributed by atoms with E-state index in [9.17, 15) is 14.0 Å². The van der Waals surface area contributed by atoms with Crippen LogP contribution in [0.3, 0.4) is 0 Å². The van der Waals surface area contributed by atoms with Gasteiger partial charge in [0.1, 0.15) is 11.6 Å². The normalized spacial score (nSPS) is 16.0. The van der Waals surface area contributed by atoms with Gasteiger partial charge in [-0.2, -0.15) is 0 Å². The molecule has 0 bridgehead atoms. The molecule has 1 fully saturated rings. The molecule has 2 aliphatic rings. The minimum absolute atomic E-state index is 0.190. The molecular formula is C21H19FN2O3. The van der Waals surface area contributed by atoms with E-state index in [0.717, 1.165) is 42.8 Å². The highest BCUT2D eigenvalue weighted by atomic mass is 19.1. The molecule has 0 unspecified atom stereocenters. The lowest BCUT2D eigenvalue weighted by molar-refractivity contribution is -0.131. The number of nitrogens with one attached hydrogen (secondary N) is 1. The van der Waals surface area contributed by atoms with Crippen LogP contribution in [0.2, 0.25) is 0 Å². The molecule has 0 aliphatic carbocycles. The van der Waals surface area contributed by atoms with Gasteiger partial charge in [0.25, 0.3) is 0 Å². The topological polar surface area (TPSA) is 58.6 Å². The van der Waals surface area contributed by atoms with E-state index in [0.29, 0.717) is 11.4 Å². The van der Waals surface area contributed by atoms with Gasteiger partial charge in [0, 0.05) is 42.2 Å². The maximum Gasteiger partial charge on any atom is 0.315 e. The standard InChI is InChI=1S/C21H19FN2O3/c22-16-2-5-18(6-3-16)24-9-7-14(8-10-24)11-20(25)23-17-4-1-15-12-21(26)27-19(15)13-17/h1-6,11,13H,7-10,12H2,(H,23,25). The third-order valence-electron chi connectivity index (χ3n) is 4.83. The van der Waals surface area contributed by atoms with Crippen LogP contribution in [0.1, 0.15) is 18.4 Å². The first-order valence-corrected chi connectivity index (χ1v) is 8.91. The molecule has 2 heterocycles. The second-order valence-electron chi connectivity index (χ2n) is 6.73. The Morgan fingerprint density at radius 2 is 1.85 bits per heavy atom. The Kier molecular flexibility index (Phi) is 4.62. The minimum Gasteiger partial charge on any atom is -0.426 e. The number of fused-ring (bicyclic) bond motifs is 1. The summed E-state index contributed by atoms with van der Waals surface area (Å²) >= 11 is 0. The summed E-state index contributed by atoms with van der Waals surface area (Å²) in [5, 5.41) is 2.82. The van der Waals surface area contributed by atoms with Gasteiger partial charge in [-0.1, -0.05) is 11.6 Å². The van der Waals surface area contributed by atoms with Gasteiger partial charge < -0.3 is 15.0 Å². The number of carbonyl (C=O) groups is 2. The van der Waals surface area contributed by atoms with Crippen molar-refractivity contribution in [3.05, 3.63) is 65.5 Å². The largest absolute Gasteiger partial charge is 0.426 e. The highest BCUT2D eigenvalue weighted by molar-refractivity contribution is 6.00. The first kappa shape index (κ1) is 17.3. The number of halogens is 1. The molecule has 27 heavy (non-hydrogen) atoms. The summed E-state index contributed by atoms with van der Waals surface area (Å²) in [7, 11) is 0. The van der Waals surface area contributed by atoms with E-state index >= 15 is 0 Å². The van der Waals surface area contributed by atoms with E-state index in [1.807, 2.05) is 0 Å². The lowest BCUT2D eigenvalue weighted by atomic mass is 10.0. The van der Waals surface area contributed by atoms with E-state index in [1.165, 1.54) is 12.1 Å².